The predicted molar refractivity (Wildman–Crippen MR) is 48.7 cm³/mol. The van der Waals surface area contributed by atoms with Gasteiger partial charge in [0.25, 0.3) is 0 Å². The number of hydrogen-bond acceptors (Lipinski definition) is 1. The summed E-state index contributed by atoms with van der Waals surface area (Å²) in [5.41, 5.74) is -0.341. The molecular weight excluding hydrogens is 160 g/mol. The zero-order chi connectivity index (χ0) is 9.07. The van der Waals surface area contributed by atoms with Crippen molar-refractivity contribution in [2.45, 2.75) is 40.5 Å². The average molecular weight is 177 g/mol. The molecule has 0 bridgehead atoms. The molecule has 66 valence electrons. The summed E-state index contributed by atoms with van der Waals surface area (Å²) in [4.78, 5) is 10.8. The Morgan fingerprint density at radius 3 is 2.18 bits per heavy atom. The summed E-state index contributed by atoms with van der Waals surface area (Å²) in [7, 11) is 0. The smallest absolute Gasteiger partial charge is 0.227 e. The molecule has 0 aliphatic rings. The van der Waals surface area contributed by atoms with Crippen molar-refractivity contribution in [3.63, 3.8) is 0 Å². The van der Waals surface area contributed by atoms with Crippen LogP contribution in [0, 0.1) is 11.3 Å². The molecule has 0 unspecified atom stereocenters. The average Bonchev–Trinajstić information content (AvgIpc) is 1.84. The molecule has 0 N–H and O–H groups in total. The van der Waals surface area contributed by atoms with E-state index in [1.165, 1.54) is 0 Å². The van der Waals surface area contributed by atoms with Gasteiger partial charge in [-0.05, 0) is 30.4 Å². The van der Waals surface area contributed by atoms with Gasteiger partial charge < -0.3 is 0 Å². The normalized spacial score (nSPS) is 12.2. The van der Waals surface area contributed by atoms with E-state index in [0.717, 1.165) is 12.8 Å². The lowest BCUT2D eigenvalue weighted by Crippen LogP contribution is -2.19. The molecule has 11 heavy (non-hydrogen) atoms. The second kappa shape index (κ2) is 4.10. The maximum absolute atomic E-state index is 10.8. The number of carbonyl (C=O) groups excluding carboxylic acids is 1. The summed E-state index contributed by atoms with van der Waals surface area (Å²) in [6.07, 6.45) is 1.94. The zero-order valence-corrected chi connectivity index (χ0v) is 8.53. The Morgan fingerprint density at radius 2 is 1.91 bits per heavy atom. The first kappa shape index (κ1) is 11.0. The third-order valence-corrected chi connectivity index (χ3v) is 2.39. The Bertz CT molecular complexity index is 138. The van der Waals surface area contributed by atoms with E-state index in [2.05, 4.69) is 13.8 Å². The van der Waals surface area contributed by atoms with Crippen molar-refractivity contribution in [2.24, 2.45) is 11.3 Å². The molecule has 0 heterocycles. The van der Waals surface area contributed by atoms with Crippen LogP contribution in [0.2, 0.25) is 0 Å². The summed E-state index contributed by atoms with van der Waals surface area (Å²) in [6.45, 7) is 8.08. The lowest BCUT2D eigenvalue weighted by atomic mass is 9.87. The van der Waals surface area contributed by atoms with E-state index in [4.69, 9.17) is 11.6 Å². The topological polar surface area (TPSA) is 17.1 Å². The summed E-state index contributed by atoms with van der Waals surface area (Å²) in [5, 5.41) is -0.224. The molecule has 0 fully saturated rings. The van der Waals surface area contributed by atoms with Gasteiger partial charge in [0.15, 0.2) is 0 Å². The Balaban J connectivity index is 3.83. The van der Waals surface area contributed by atoms with Crippen LogP contribution in [0.1, 0.15) is 40.5 Å². The molecule has 0 saturated carbocycles. The summed E-state index contributed by atoms with van der Waals surface area (Å²) >= 11 is 5.41. The summed E-state index contributed by atoms with van der Waals surface area (Å²) in [5.74, 6) is 0.644. The van der Waals surface area contributed by atoms with Crippen LogP contribution in [0.5, 0.6) is 0 Å². The van der Waals surface area contributed by atoms with Crippen LogP contribution >= 0.6 is 11.6 Å². The molecule has 0 aromatic heterocycles. The van der Waals surface area contributed by atoms with Crippen LogP contribution in [0.25, 0.3) is 0 Å². The Morgan fingerprint density at radius 1 is 1.45 bits per heavy atom. The van der Waals surface area contributed by atoms with E-state index in [1.54, 1.807) is 0 Å². The van der Waals surface area contributed by atoms with Gasteiger partial charge in [-0.2, -0.15) is 0 Å². The Kier molecular flexibility index (Phi) is 4.09. The van der Waals surface area contributed by atoms with E-state index in [1.807, 2.05) is 13.8 Å². The van der Waals surface area contributed by atoms with E-state index in [0.29, 0.717) is 5.92 Å². The third kappa shape index (κ3) is 4.41. The fraction of sp³-hybridized carbons (Fsp3) is 0.889. The summed E-state index contributed by atoms with van der Waals surface area (Å²) in [6, 6.07) is 0. The Labute approximate surface area is 74.1 Å². The molecule has 0 saturated heterocycles. The minimum atomic E-state index is -0.341. The second-order valence-corrected chi connectivity index (χ2v) is 4.43. The van der Waals surface area contributed by atoms with Gasteiger partial charge in [0.2, 0.25) is 5.24 Å². The maximum atomic E-state index is 10.8. The van der Waals surface area contributed by atoms with Gasteiger partial charge in [-0.15, -0.1) is 0 Å². The standard InChI is InChI=1S/C9H17ClO/c1-7(2)5-6-9(3,4)8(10)11/h7H,5-6H2,1-4H3. The molecule has 0 rings (SSSR count). The van der Waals surface area contributed by atoms with Crippen molar-refractivity contribution in [3.05, 3.63) is 0 Å². The van der Waals surface area contributed by atoms with Crippen molar-refractivity contribution in [1.29, 1.82) is 0 Å². The molecule has 2 heteroatoms. The highest BCUT2D eigenvalue weighted by Crippen LogP contribution is 2.27. The van der Waals surface area contributed by atoms with E-state index >= 15 is 0 Å². The minimum Gasteiger partial charge on any atom is -0.281 e. The van der Waals surface area contributed by atoms with Crippen LogP contribution in [-0.4, -0.2) is 5.24 Å². The van der Waals surface area contributed by atoms with Gasteiger partial charge in [-0.25, -0.2) is 0 Å². The number of halogens is 1. The number of carbonyl (C=O) groups is 1. The summed E-state index contributed by atoms with van der Waals surface area (Å²) < 4.78 is 0. The molecule has 1 nitrogen and oxygen atoms in total. The third-order valence-electron chi connectivity index (χ3n) is 1.88. The first-order valence-corrected chi connectivity index (χ1v) is 4.44. The lowest BCUT2D eigenvalue weighted by molar-refractivity contribution is -0.119. The first-order chi connectivity index (χ1) is 4.86. The maximum Gasteiger partial charge on any atom is 0.227 e. The molecule has 0 aliphatic carbocycles. The van der Waals surface area contributed by atoms with E-state index < -0.39 is 0 Å². The van der Waals surface area contributed by atoms with E-state index in [-0.39, 0.29) is 10.7 Å². The molecule has 0 amide bonds. The SMILES string of the molecule is CC(C)CCC(C)(C)C(=O)Cl. The van der Waals surface area contributed by atoms with Gasteiger partial charge in [-0.3, -0.25) is 4.79 Å². The number of rotatable bonds is 4. The van der Waals surface area contributed by atoms with Crippen molar-refractivity contribution < 1.29 is 4.79 Å². The van der Waals surface area contributed by atoms with Crippen molar-refractivity contribution >= 4 is 16.8 Å². The van der Waals surface area contributed by atoms with E-state index in [9.17, 15) is 4.79 Å². The lowest BCUT2D eigenvalue weighted by Gasteiger charge is -2.20. The van der Waals surface area contributed by atoms with Crippen LogP contribution in [0.4, 0.5) is 0 Å². The Hall–Kier alpha value is -0.0400. The zero-order valence-electron chi connectivity index (χ0n) is 7.78. The van der Waals surface area contributed by atoms with Gasteiger partial charge >= 0.3 is 0 Å². The monoisotopic (exact) mass is 176 g/mol. The van der Waals surface area contributed by atoms with Crippen LogP contribution in [-0.2, 0) is 4.79 Å². The molecular formula is C9H17ClO. The van der Waals surface area contributed by atoms with Gasteiger partial charge in [0.05, 0.1) is 0 Å². The molecule has 0 spiro atoms. The molecule has 0 aliphatic heterocycles. The van der Waals surface area contributed by atoms with Crippen molar-refractivity contribution in [3.8, 4) is 0 Å². The van der Waals surface area contributed by atoms with Gasteiger partial charge in [0, 0.05) is 5.41 Å². The van der Waals surface area contributed by atoms with Crippen LogP contribution in [0.3, 0.4) is 0 Å². The number of hydrogen-bond donors (Lipinski definition) is 0. The quantitative estimate of drug-likeness (QED) is 0.602. The fourth-order valence-corrected chi connectivity index (χ4v) is 0.842. The molecule has 0 aromatic carbocycles. The fourth-order valence-electron chi connectivity index (χ4n) is 0.748. The molecule has 0 radical (unpaired) electrons. The molecule has 0 atom stereocenters. The van der Waals surface area contributed by atoms with Crippen molar-refractivity contribution in [2.75, 3.05) is 0 Å². The van der Waals surface area contributed by atoms with Crippen LogP contribution < -0.4 is 0 Å². The first-order valence-electron chi connectivity index (χ1n) is 4.06. The highest BCUT2D eigenvalue weighted by atomic mass is 35.5. The van der Waals surface area contributed by atoms with Gasteiger partial charge in [0.1, 0.15) is 0 Å². The second-order valence-electron chi connectivity index (χ2n) is 4.09. The van der Waals surface area contributed by atoms with Crippen LogP contribution in [0.15, 0.2) is 0 Å². The highest BCUT2D eigenvalue weighted by Gasteiger charge is 2.25. The highest BCUT2D eigenvalue weighted by molar-refractivity contribution is 6.64. The molecule has 0 aromatic rings. The van der Waals surface area contributed by atoms with Crippen molar-refractivity contribution in [1.82, 2.24) is 0 Å². The minimum absolute atomic E-state index is 0.224. The van der Waals surface area contributed by atoms with Gasteiger partial charge in [-0.1, -0.05) is 27.7 Å². The predicted octanol–water partition coefficient (Wildman–Crippen LogP) is 3.21. The largest absolute Gasteiger partial charge is 0.281 e.